The molecule has 0 unspecified atom stereocenters. The summed E-state index contributed by atoms with van der Waals surface area (Å²) in [6.07, 6.45) is 0. The van der Waals surface area contributed by atoms with Crippen molar-refractivity contribution in [2.24, 2.45) is 11.7 Å². The Balaban J connectivity index is 2.51. The smallest absolute Gasteiger partial charge is 0.235 e. The van der Waals surface area contributed by atoms with Gasteiger partial charge in [0.2, 0.25) is 15.9 Å². The zero-order valence-corrected chi connectivity index (χ0v) is 13.2. The van der Waals surface area contributed by atoms with E-state index in [-0.39, 0.29) is 18.2 Å². The van der Waals surface area contributed by atoms with Crippen LogP contribution in [-0.2, 0) is 27.1 Å². The van der Waals surface area contributed by atoms with Gasteiger partial charge in [-0.05, 0) is 17.0 Å². The number of benzene rings is 1. The van der Waals surface area contributed by atoms with Crippen LogP contribution in [0.25, 0.3) is 0 Å². The van der Waals surface area contributed by atoms with Crippen LogP contribution >= 0.6 is 0 Å². The quantitative estimate of drug-likeness (QED) is 0.644. The van der Waals surface area contributed by atoms with Crippen molar-refractivity contribution in [3.8, 4) is 0 Å². The van der Waals surface area contributed by atoms with Gasteiger partial charge < -0.3 is 11.1 Å². The molecular weight excluding hydrogens is 290 g/mol. The van der Waals surface area contributed by atoms with E-state index in [0.29, 0.717) is 24.6 Å². The van der Waals surface area contributed by atoms with E-state index < -0.39 is 10.0 Å². The second kappa shape index (κ2) is 8.11. The van der Waals surface area contributed by atoms with E-state index in [9.17, 15) is 13.2 Å². The summed E-state index contributed by atoms with van der Waals surface area (Å²) in [5.74, 6) is -0.175. The van der Waals surface area contributed by atoms with E-state index in [1.54, 1.807) is 18.2 Å². The molecule has 1 aromatic rings. The molecule has 0 fully saturated rings. The molecule has 4 N–H and O–H groups in total. The fourth-order valence-electron chi connectivity index (χ4n) is 1.67. The summed E-state index contributed by atoms with van der Waals surface area (Å²) in [5.41, 5.74) is 7.04. The van der Waals surface area contributed by atoms with Crippen LogP contribution in [0.3, 0.4) is 0 Å². The maximum atomic E-state index is 11.9. The molecule has 0 bridgehead atoms. The first-order valence-electron chi connectivity index (χ1n) is 6.84. The van der Waals surface area contributed by atoms with Gasteiger partial charge in [-0.2, -0.15) is 0 Å². The van der Waals surface area contributed by atoms with E-state index in [1.165, 1.54) is 0 Å². The summed E-state index contributed by atoms with van der Waals surface area (Å²) in [5, 5.41) is 2.65. The SMILES string of the molecule is CC(C)CNC(=O)CNS(=O)(=O)Cc1cccc(CN)c1. The Labute approximate surface area is 126 Å². The minimum atomic E-state index is -3.54. The molecule has 6 nitrogen and oxygen atoms in total. The largest absolute Gasteiger partial charge is 0.355 e. The predicted molar refractivity (Wildman–Crippen MR) is 82.8 cm³/mol. The number of amides is 1. The minimum absolute atomic E-state index is 0.168. The third kappa shape index (κ3) is 7.22. The lowest BCUT2D eigenvalue weighted by molar-refractivity contribution is -0.120. The number of sulfonamides is 1. The van der Waals surface area contributed by atoms with E-state index in [0.717, 1.165) is 5.56 Å². The maximum Gasteiger partial charge on any atom is 0.235 e. The van der Waals surface area contributed by atoms with Gasteiger partial charge >= 0.3 is 0 Å². The fourth-order valence-corrected chi connectivity index (χ4v) is 2.74. The Morgan fingerprint density at radius 2 is 1.95 bits per heavy atom. The standard InChI is InChI=1S/C14H23N3O3S/c1-11(2)8-16-14(18)9-17-21(19,20)10-13-5-3-4-12(6-13)7-15/h3-6,11,17H,7-10,15H2,1-2H3,(H,16,18). The van der Waals surface area contributed by atoms with Crippen molar-refractivity contribution in [3.63, 3.8) is 0 Å². The van der Waals surface area contributed by atoms with Crippen LogP contribution in [-0.4, -0.2) is 27.4 Å². The minimum Gasteiger partial charge on any atom is -0.355 e. The summed E-state index contributed by atoms with van der Waals surface area (Å²) in [4.78, 5) is 11.5. The van der Waals surface area contributed by atoms with E-state index in [1.807, 2.05) is 19.9 Å². The van der Waals surface area contributed by atoms with E-state index >= 15 is 0 Å². The van der Waals surface area contributed by atoms with E-state index in [4.69, 9.17) is 5.73 Å². The molecule has 0 saturated heterocycles. The summed E-state index contributed by atoms with van der Waals surface area (Å²) in [7, 11) is -3.54. The van der Waals surface area contributed by atoms with E-state index in [2.05, 4.69) is 10.0 Å². The van der Waals surface area contributed by atoms with Crippen molar-refractivity contribution in [2.75, 3.05) is 13.1 Å². The average molecular weight is 313 g/mol. The molecule has 0 radical (unpaired) electrons. The van der Waals surface area contributed by atoms with Gasteiger partial charge in [-0.25, -0.2) is 13.1 Å². The van der Waals surface area contributed by atoms with Crippen molar-refractivity contribution >= 4 is 15.9 Å². The topological polar surface area (TPSA) is 101 Å². The van der Waals surface area contributed by atoms with Crippen LogP contribution in [0, 0.1) is 5.92 Å². The maximum absolute atomic E-state index is 11.9. The van der Waals surface area contributed by atoms with Crippen LogP contribution in [0.15, 0.2) is 24.3 Å². The molecule has 1 aromatic carbocycles. The predicted octanol–water partition coefficient (Wildman–Crippen LogP) is 0.337. The molecule has 0 atom stereocenters. The molecule has 21 heavy (non-hydrogen) atoms. The Kier molecular flexibility index (Phi) is 6.80. The first-order valence-corrected chi connectivity index (χ1v) is 8.49. The van der Waals surface area contributed by atoms with Crippen LogP contribution in [0.5, 0.6) is 0 Å². The number of nitrogens with one attached hydrogen (secondary N) is 2. The Morgan fingerprint density at radius 1 is 1.29 bits per heavy atom. The lowest BCUT2D eigenvalue weighted by atomic mass is 10.1. The van der Waals surface area contributed by atoms with Crippen LogP contribution < -0.4 is 15.8 Å². The molecule has 0 aliphatic carbocycles. The number of carbonyl (C=O) groups is 1. The summed E-state index contributed by atoms with van der Waals surface area (Å²) < 4.78 is 26.1. The molecule has 1 amide bonds. The summed E-state index contributed by atoms with van der Waals surface area (Å²) >= 11 is 0. The van der Waals surface area contributed by atoms with Crippen molar-refractivity contribution < 1.29 is 13.2 Å². The van der Waals surface area contributed by atoms with Crippen molar-refractivity contribution in [2.45, 2.75) is 26.1 Å². The van der Waals surface area contributed by atoms with Gasteiger partial charge in [0, 0.05) is 13.1 Å². The van der Waals surface area contributed by atoms with Gasteiger partial charge in [0.1, 0.15) is 0 Å². The Bertz CT molecular complexity index is 571. The second-order valence-corrected chi connectivity index (χ2v) is 7.11. The highest BCUT2D eigenvalue weighted by Gasteiger charge is 2.13. The number of hydrogen-bond acceptors (Lipinski definition) is 4. The molecule has 1 rings (SSSR count). The highest BCUT2D eigenvalue weighted by atomic mass is 32.2. The molecule has 0 heterocycles. The first kappa shape index (κ1) is 17.6. The fraction of sp³-hybridized carbons (Fsp3) is 0.500. The molecule has 0 aliphatic rings. The lowest BCUT2D eigenvalue weighted by Crippen LogP contribution is -2.38. The van der Waals surface area contributed by atoms with Gasteiger partial charge in [-0.1, -0.05) is 38.1 Å². The third-order valence-corrected chi connectivity index (χ3v) is 4.04. The van der Waals surface area contributed by atoms with Crippen LogP contribution in [0.4, 0.5) is 0 Å². The molecular formula is C14H23N3O3S. The molecule has 7 heteroatoms. The van der Waals surface area contributed by atoms with Gasteiger partial charge in [-0.15, -0.1) is 0 Å². The number of hydrogen-bond donors (Lipinski definition) is 3. The Hall–Kier alpha value is -1.44. The first-order chi connectivity index (χ1) is 9.82. The number of carbonyl (C=O) groups excluding carboxylic acids is 1. The Morgan fingerprint density at radius 3 is 2.57 bits per heavy atom. The monoisotopic (exact) mass is 313 g/mol. The molecule has 0 aliphatic heterocycles. The lowest BCUT2D eigenvalue weighted by Gasteiger charge is -2.09. The number of rotatable bonds is 8. The molecule has 0 aromatic heterocycles. The summed E-state index contributed by atoms with van der Waals surface area (Å²) in [6, 6.07) is 7.07. The van der Waals surface area contributed by atoms with Crippen LogP contribution in [0.2, 0.25) is 0 Å². The normalized spacial score (nSPS) is 11.6. The van der Waals surface area contributed by atoms with Crippen molar-refractivity contribution in [1.29, 1.82) is 0 Å². The third-order valence-electron chi connectivity index (χ3n) is 2.74. The highest BCUT2D eigenvalue weighted by molar-refractivity contribution is 7.88. The van der Waals surface area contributed by atoms with Gasteiger partial charge in [0.25, 0.3) is 0 Å². The number of nitrogens with two attached hydrogens (primary N) is 1. The zero-order chi connectivity index (χ0) is 15.9. The average Bonchev–Trinajstić information content (AvgIpc) is 2.42. The molecule has 118 valence electrons. The zero-order valence-electron chi connectivity index (χ0n) is 12.4. The van der Waals surface area contributed by atoms with Crippen molar-refractivity contribution in [1.82, 2.24) is 10.0 Å². The van der Waals surface area contributed by atoms with Crippen LogP contribution in [0.1, 0.15) is 25.0 Å². The second-order valence-electron chi connectivity index (χ2n) is 5.30. The van der Waals surface area contributed by atoms with Gasteiger partial charge in [0.05, 0.1) is 12.3 Å². The molecule has 0 saturated carbocycles. The van der Waals surface area contributed by atoms with Crippen molar-refractivity contribution in [3.05, 3.63) is 35.4 Å². The van der Waals surface area contributed by atoms with Gasteiger partial charge in [-0.3, -0.25) is 4.79 Å². The molecule has 0 spiro atoms. The van der Waals surface area contributed by atoms with Gasteiger partial charge in [0.15, 0.2) is 0 Å². The highest BCUT2D eigenvalue weighted by Crippen LogP contribution is 2.08. The summed E-state index contributed by atoms with van der Waals surface area (Å²) in [6.45, 7) is 4.58.